The standard InChI is InChI=1S/C14H14ClN3O/c1-18-8-11-14(17-13(15)7-16-11)19-12(9-18)10-5-3-2-4-6-10/h2-7,12H,8-9H2,1H3. The highest BCUT2D eigenvalue weighted by Crippen LogP contribution is 2.28. The lowest BCUT2D eigenvalue weighted by Crippen LogP contribution is -2.24. The Morgan fingerprint density at radius 3 is 2.89 bits per heavy atom. The van der Waals surface area contributed by atoms with E-state index in [4.69, 9.17) is 16.3 Å². The summed E-state index contributed by atoms with van der Waals surface area (Å²) >= 11 is 5.89. The minimum absolute atomic E-state index is 0.0554. The summed E-state index contributed by atoms with van der Waals surface area (Å²) in [6.07, 6.45) is 1.50. The third kappa shape index (κ3) is 2.69. The van der Waals surface area contributed by atoms with Crippen LogP contribution in [0.2, 0.25) is 5.15 Å². The zero-order valence-electron chi connectivity index (χ0n) is 10.6. The Morgan fingerprint density at radius 2 is 2.11 bits per heavy atom. The first-order valence-corrected chi connectivity index (χ1v) is 6.52. The Morgan fingerprint density at radius 1 is 1.32 bits per heavy atom. The van der Waals surface area contributed by atoms with Crippen LogP contribution in [0.3, 0.4) is 0 Å². The number of hydrogen-bond donors (Lipinski definition) is 0. The molecule has 0 N–H and O–H groups in total. The van der Waals surface area contributed by atoms with Crippen LogP contribution in [0, 0.1) is 0 Å². The highest BCUT2D eigenvalue weighted by molar-refractivity contribution is 6.29. The van der Waals surface area contributed by atoms with Gasteiger partial charge in [0.2, 0.25) is 5.88 Å². The van der Waals surface area contributed by atoms with Crippen molar-refractivity contribution in [2.45, 2.75) is 12.6 Å². The molecule has 0 aliphatic carbocycles. The Balaban J connectivity index is 1.97. The number of rotatable bonds is 1. The highest BCUT2D eigenvalue weighted by atomic mass is 35.5. The SMILES string of the molecule is CN1Cc2ncc(Cl)nc2OC(c2ccccc2)C1. The van der Waals surface area contributed by atoms with Gasteiger partial charge in [-0.25, -0.2) is 0 Å². The topological polar surface area (TPSA) is 38.2 Å². The number of ether oxygens (including phenoxy) is 1. The predicted molar refractivity (Wildman–Crippen MR) is 73.2 cm³/mol. The summed E-state index contributed by atoms with van der Waals surface area (Å²) < 4.78 is 5.99. The molecule has 1 aromatic carbocycles. The first-order chi connectivity index (χ1) is 9.22. The molecule has 1 aliphatic heterocycles. The van der Waals surface area contributed by atoms with Crippen molar-refractivity contribution >= 4 is 11.6 Å². The third-order valence-electron chi connectivity index (χ3n) is 3.10. The maximum Gasteiger partial charge on any atom is 0.239 e. The molecule has 0 bridgehead atoms. The molecule has 0 radical (unpaired) electrons. The molecule has 0 fully saturated rings. The van der Waals surface area contributed by atoms with Crippen molar-refractivity contribution in [2.24, 2.45) is 0 Å². The molecule has 1 atom stereocenters. The summed E-state index contributed by atoms with van der Waals surface area (Å²) in [5.74, 6) is 0.533. The van der Waals surface area contributed by atoms with E-state index in [0.717, 1.165) is 17.8 Å². The minimum atomic E-state index is -0.0554. The van der Waals surface area contributed by atoms with Crippen LogP contribution in [0.5, 0.6) is 5.88 Å². The van der Waals surface area contributed by atoms with Gasteiger partial charge in [0.15, 0.2) is 5.15 Å². The van der Waals surface area contributed by atoms with Crippen molar-refractivity contribution in [1.29, 1.82) is 0 Å². The van der Waals surface area contributed by atoms with Crippen molar-refractivity contribution in [1.82, 2.24) is 14.9 Å². The lowest BCUT2D eigenvalue weighted by molar-refractivity contribution is 0.160. The number of fused-ring (bicyclic) bond motifs is 1. The molecule has 3 rings (SSSR count). The molecule has 0 saturated heterocycles. The zero-order chi connectivity index (χ0) is 13.2. The predicted octanol–water partition coefficient (Wildman–Crippen LogP) is 2.70. The number of aromatic nitrogens is 2. The van der Waals surface area contributed by atoms with E-state index < -0.39 is 0 Å². The smallest absolute Gasteiger partial charge is 0.239 e. The van der Waals surface area contributed by atoms with Crippen molar-refractivity contribution in [3.63, 3.8) is 0 Å². The number of benzene rings is 1. The van der Waals surface area contributed by atoms with Crippen LogP contribution in [0.25, 0.3) is 0 Å². The fourth-order valence-electron chi connectivity index (χ4n) is 2.20. The van der Waals surface area contributed by atoms with Crippen LogP contribution >= 0.6 is 11.6 Å². The molecule has 0 amide bonds. The lowest BCUT2D eigenvalue weighted by atomic mass is 10.1. The number of likely N-dealkylation sites (N-methyl/N-ethyl adjacent to an activating group) is 1. The molecule has 5 heteroatoms. The van der Waals surface area contributed by atoms with Crippen LogP contribution in [0.4, 0.5) is 0 Å². The fraction of sp³-hybridized carbons (Fsp3) is 0.286. The highest BCUT2D eigenvalue weighted by Gasteiger charge is 2.24. The third-order valence-corrected chi connectivity index (χ3v) is 3.29. The average Bonchev–Trinajstić information content (AvgIpc) is 2.58. The van der Waals surface area contributed by atoms with E-state index in [2.05, 4.69) is 27.0 Å². The largest absolute Gasteiger partial charge is 0.467 e. The first-order valence-electron chi connectivity index (χ1n) is 6.14. The van der Waals surface area contributed by atoms with Crippen molar-refractivity contribution in [3.8, 4) is 5.88 Å². The molecule has 0 saturated carbocycles. The van der Waals surface area contributed by atoms with Crippen molar-refractivity contribution in [3.05, 3.63) is 52.9 Å². The minimum Gasteiger partial charge on any atom is -0.467 e. The molecule has 1 aliphatic rings. The number of hydrogen-bond acceptors (Lipinski definition) is 4. The first kappa shape index (κ1) is 12.4. The molecule has 19 heavy (non-hydrogen) atoms. The Kier molecular flexibility index (Phi) is 3.36. The second kappa shape index (κ2) is 5.15. The molecular formula is C14H14ClN3O. The van der Waals surface area contributed by atoms with Crippen LogP contribution in [-0.2, 0) is 6.54 Å². The van der Waals surface area contributed by atoms with E-state index in [1.807, 2.05) is 25.2 Å². The summed E-state index contributed by atoms with van der Waals surface area (Å²) in [6, 6.07) is 10.1. The molecule has 4 nitrogen and oxygen atoms in total. The van der Waals surface area contributed by atoms with Crippen molar-refractivity contribution in [2.75, 3.05) is 13.6 Å². The summed E-state index contributed by atoms with van der Waals surface area (Å²) in [5, 5.41) is 0.357. The Bertz CT molecular complexity index is 576. The molecule has 1 unspecified atom stereocenters. The van der Waals surface area contributed by atoms with Crippen molar-refractivity contribution < 1.29 is 4.74 Å². The van der Waals surface area contributed by atoms with E-state index >= 15 is 0 Å². The molecular weight excluding hydrogens is 262 g/mol. The van der Waals surface area contributed by atoms with E-state index in [0.29, 0.717) is 17.6 Å². The van der Waals surface area contributed by atoms with Gasteiger partial charge in [0.05, 0.1) is 6.20 Å². The van der Waals surface area contributed by atoms with Gasteiger partial charge in [-0.2, -0.15) is 4.98 Å². The molecule has 2 aromatic rings. The zero-order valence-corrected chi connectivity index (χ0v) is 11.3. The lowest BCUT2D eigenvalue weighted by Gasteiger charge is -2.20. The van der Waals surface area contributed by atoms with E-state index in [1.54, 1.807) is 6.20 Å². The fourth-order valence-corrected chi connectivity index (χ4v) is 2.32. The molecule has 2 heterocycles. The second-order valence-corrected chi connectivity index (χ2v) is 5.05. The van der Waals surface area contributed by atoms with Crippen LogP contribution < -0.4 is 4.74 Å². The van der Waals surface area contributed by atoms with E-state index in [-0.39, 0.29) is 6.10 Å². The monoisotopic (exact) mass is 275 g/mol. The Labute approximate surface area is 117 Å². The van der Waals surface area contributed by atoms with Gasteiger partial charge in [0, 0.05) is 13.1 Å². The van der Waals surface area contributed by atoms with E-state index in [9.17, 15) is 0 Å². The number of halogens is 1. The summed E-state index contributed by atoms with van der Waals surface area (Å²) in [4.78, 5) is 10.7. The molecule has 98 valence electrons. The maximum atomic E-state index is 5.99. The summed E-state index contributed by atoms with van der Waals surface area (Å²) in [6.45, 7) is 1.50. The van der Waals surface area contributed by atoms with Crippen LogP contribution in [0.15, 0.2) is 36.5 Å². The van der Waals surface area contributed by atoms with Gasteiger partial charge in [-0.3, -0.25) is 9.88 Å². The molecule has 0 spiro atoms. The quantitative estimate of drug-likeness (QED) is 0.802. The van der Waals surface area contributed by atoms with Gasteiger partial charge in [-0.1, -0.05) is 41.9 Å². The number of nitrogens with zero attached hydrogens (tertiary/aromatic N) is 3. The van der Waals surface area contributed by atoms with Gasteiger partial charge in [0.25, 0.3) is 0 Å². The average molecular weight is 276 g/mol. The normalized spacial score (nSPS) is 19.4. The summed E-state index contributed by atoms with van der Waals surface area (Å²) in [5.41, 5.74) is 1.95. The van der Waals surface area contributed by atoms with Crippen LogP contribution in [-0.4, -0.2) is 28.5 Å². The second-order valence-electron chi connectivity index (χ2n) is 4.66. The van der Waals surface area contributed by atoms with Gasteiger partial charge in [-0.05, 0) is 12.6 Å². The summed E-state index contributed by atoms with van der Waals surface area (Å²) in [7, 11) is 2.05. The van der Waals surface area contributed by atoms with Crippen LogP contribution in [0.1, 0.15) is 17.4 Å². The van der Waals surface area contributed by atoms with Gasteiger partial charge >= 0.3 is 0 Å². The Hall–Kier alpha value is -1.65. The maximum absolute atomic E-state index is 5.99. The van der Waals surface area contributed by atoms with Gasteiger partial charge in [-0.15, -0.1) is 0 Å². The van der Waals surface area contributed by atoms with E-state index in [1.165, 1.54) is 0 Å². The van der Waals surface area contributed by atoms with Gasteiger partial charge < -0.3 is 4.74 Å². The van der Waals surface area contributed by atoms with Gasteiger partial charge in [0.1, 0.15) is 11.8 Å². The molecule has 1 aromatic heterocycles.